The highest BCUT2D eigenvalue weighted by Crippen LogP contribution is 2.71. The molecule has 5 nitrogen and oxygen atoms in total. The summed E-state index contributed by atoms with van der Waals surface area (Å²) >= 11 is 1.42. The van der Waals surface area contributed by atoms with Crippen molar-refractivity contribution in [3.8, 4) is 11.5 Å². The molecule has 2 aromatic carbocycles. The number of unbranched alkanes of at least 4 members (excludes halogenated alkanes) is 2. The van der Waals surface area contributed by atoms with Crippen LogP contribution in [-0.2, 0) is 20.7 Å². The lowest BCUT2D eigenvalue weighted by molar-refractivity contribution is -0.217. The largest absolute Gasteiger partial charge is 0.497 e. The molecule has 2 saturated carbocycles. The van der Waals surface area contributed by atoms with Crippen LogP contribution in [0.5, 0.6) is 11.5 Å². The molecule has 1 saturated heterocycles. The lowest BCUT2D eigenvalue weighted by atomic mass is 9.44. The molecule has 0 bridgehead atoms. The number of thioether (sulfide) groups is 1. The Balaban J connectivity index is 1.24. The van der Waals surface area contributed by atoms with Crippen LogP contribution in [0.2, 0.25) is 0 Å². The van der Waals surface area contributed by atoms with E-state index in [-0.39, 0.29) is 28.3 Å². The third-order valence-electron chi connectivity index (χ3n) is 11.6. The molecule has 240 valence electrons. The first-order valence-electron chi connectivity index (χ1n) is 17.1. The van der Waals surface area contributed by atoms with Crippen LogP contribution in [0.1, 0.15) is 114 Å². The molecule has 44 heavy (non-hydrogen) atoms. The predicted octanol–water partition coefficient (Wildman–Crippen LogP) is 9.08. The highest BCUT2D eigenvalue weighted by Gasteiger charge is 2.63. The van der Waals surface area contributed by atoms with Crippen LogP contribution in [0.3, 0.4) is 0 Å². The number of aryl methyl sites for hydroxylation is 1. The molecule has 6 heteroatoms. The number of rotatable bonds is 11. The van der Waals surface area contributed by atoms with Crippen molar-refractivity contribution in [3.63, 3.8) is 0 Å². The van der Waals surface area contributed by atoms with E-state index in [2.05, 4.69) is 56.3 Å². The van der Waals surface area contributed by atoms with E-state index < -0.39 is 0 Å². The molecule has 2 aromatic rings. The minimum absolute atomic E-state index is 0.0443. The normalized spacial score (nSPS) is 32.8. The van der Waals surface area contributed by atoms with Crippen LogP contribution >= 0.6 is 11.8 Å². The van der Waals surface area contributed by atoms with Gasteiger partial charge in [0.05, 0.1) is 19.8 Å². The lowest BCUT2D eigenvalue weighted by Gasteiger charge is -2.60. The standard InChI is InChI=1S/C38H52O5S/c1-26(39)44-23-9-5-7-21-41-29-13-11-27(12-14-29)32-25-38(3)33(17-18-34(38)43-35-10-6-8-22-42-35)37(2)20-19-28-24-30(40-4)15-16-31(28)36(32)37/h11-16,24,32-36H,5-10,17-23,25H2,1-4H3/t32-,33+,34+,35+,36+,37+,38+/m1/s1. The van der Waals surface area contributed by atoms with Gasteiger partial charge in [0, 0.05) is 19.3 Å². The number of carbonyl (C=O) groups excluding carboxylic acids is 1. The molecule has 0 N–H and O–H groups in total. The first kappa shape index (κ1) is 31.9. The molecule has 6 rings (SSSR count). The monoisotopic (exact) mass is 620 g/mol. The van der Waals surface area contributed by atoms with Gasteiger partial charge in [-0.1, -0.05) is 43.8 Å². The second-order valence-corrected chi connectivity index (χ2v) is 15.5. The van der Waals surface area contributed by atoms with E-state index in [0.717, 1.165) is 75.2 Å². The number of carbonyl (C=O) groups is 1. The zero-order valence-electron chi connectivity index (χ0n) is 27.3. The molecule has 1 aliphatic heterocycles. The van der Waals surface area contributed by atoms with Gasteiger partial charge in [0.1, 0.15) is 11.5 Å². The predicted molar refractivity (Wildman–Crippen MR) is 178 cm³/mol. The smallest absolute Gasteiger partial charge is 0.185 e. The fraction of sp³-hybridized carbons (Fsp3) is 0.658. The SMILES string of the molecule is COc1ccc2c(c1)CC[C@@]1(C)[C@@H]3CC[C@H](O[C@H]4CCCCO4)[C@@]3(C)C[C@H](c3ccc(OCCCCCSC(C)=O)cc3)[C@H]21. The van der Waals surface area contributed by atoms with Gasteiger partial charge in [0.25, 0.3) is 0 Å². The van der Waals surface area contributed by atoms with Crippen LogP contribution < -0.4 is 9.47 Å². The molecule has 0 amide bonds. The van der Waals surface area contributed by atoms with Gasteiger partial charge in [-0.15, -0.1) is 0 Å². The summed E-state index contributed by atoms with van der Waals surface area (Å²) in [6, 6.07) is 15.9. The summed E-state index contributed by atoms with van der Waals surface area (Å²) in [7, 11) is 1.77. The van der Waals surface area contributed by atoms with Gasteiger partial charge in [-0.25, -0.2) is 0 Å². The van der Waals surface area contributed by atoms with Crippen molar-refractivity contribution in [1.29, 1.82) is 0 Å². The van der Waals surface area contributed by atoms with E-state index in [1.807, 2.05) is 0 Å². The average molecular weight is 621 g/mol. The summed E-state index contributed by atoms with van der Waals surface area (Å²) in [5, 5.41) is 0.204. The van der Waals surface area contributed by atoms with E-state index in [1.165, 1.54) is 47.7 Å². The quantitative estimate of drug-likeness (QED) is 0.234. The first-order valence-corrected chi connectivity index (χ1v) is 18.1. The molecule has 3 fully saturated rings. The van der Waals surface area contributed by atoms with Gasteiger partial charge in [0.15, 0.2) is 11.4 Å². The number of methoxy groups -OCH3 is 1. The zero-order chi connectivity index (χ0) is 30.7. The van der Waals surface area contributed by atoms with E-state index in [0.29, 0.717) is 24.4 Å². The minimum Gasteiger partial charge on any atom is -0.497 e. The van der Waals surface area contributed by atoms with Crippen molar-refractivity contribution in [2.24, 2.45) is 16.7 Å². The van der Waals surface area contributed by atoms with E-state index in [9.17, 15) is 4.79 Å². The highest BCUT2D eigenvalue weighted by molar-refractivity contribution is 8.13. The Labute approximate surface area is 269 Å². The molecule has 0 radical (unpaired) electrons. The number of ether oxygens (including phenoxy) is 4. The van der Waals surface area contributed by atoms with Crippen LogP contribution in [0, 0.1) is 16.7 Å². The number of fused-ring (bicyclic) bond motifs is 5. The summed E-state index contributed by atoms with van der Waals surface area (Å²) in [6.45, 7) is 8.33. The molecular weight excluding hydrogens is 568 g/mol. The maximum absolute atomic E-state index is 11.1. The Morgan fingerprint density at radius 2 is 1.80 bits per heavy atom. The zero-order valence-corrected chi connectivity index (χ0v) is 28.1. The third-order valence-corrected chi connectivity index (χ3v) is 12.5. The van der Waals surface area contributed by atoms with Crippen LogP contribution in [0.15, 0.2) is 42.5 Å². The van der Waals surface area contributed by atoms with Crippen molar-refractivity contribution in [1.82, 2.24) is 0 Å². The van der Waals surface area contributed by atoms with Crippen LogP contribution in [0.4, 0.5) is 0 Å². The van der Waals surface area contributed by atoms with Gasteiger partial charge in [-0.3, -0.25) is 4.79 Å². The summed E-state index contributed by atoms with van der Waals surface area (Å²) in [4.78, 5) is 11.1. The fourth-order valence-electron chi connectivity index (χ4n) is 9.49. The van der Waals surface area contributed by atoms with Gasteiger partial charge in [-0.2, -0.15) is 0 Å². The number of hydrogen-bond donors (Lipinski definition) is 0. The number of hydrogen-bond acceptors (Lipinski definition) is 6. The van der Waals surface area contributed by atoms with Crippen molar-refractivity contribution in [2.45, 2.75) is 116 Å². The second-order valence-electron chi connectivity index (χ2n) is 14.2. The molecule has 4 aliphatic rings. The summed E-state index contributed by atoms with van der Waals surface area (Å²) < 4.78 is 24.8. The maximum Gasteiger partial charge on any atom is 0.185 e. The van der Waals surface area contributed by atoms with Crippen LogP contribution in [-0.4, -0.2) is 43.6 Å². The summed E-state index contributed by atoms with van der Waals surface area (Å²) in [5.74, 6) is 4.29. The molecule has 0 spiro atoms. The molecule has 0 aromatic heterocycles. The van der Waals surface area contributed by atoms with Crippen molar-refractivity contribution in [2.75, 3.05) is 26.1 Å². The van der Waals surface area contributed by atoms with Crippen molar-refractivity contribution in [3.05, 3.63) is 59.2 Å². The van der Waals surface area contributed by atoms with E-state index in [4.69, 9.17) is 18.9 Å². The fourth-order valence-corrected chi connectivity index (χ4v) is 10.1. The topological polar surface area (TPSA) is 54.0 Å². The molecule has 3 aliphatic carbocycles. The third kappa shape index (κ3) is 6.46. The Hall–Kier alpha value is -2.02. The first-order chi connectivity index (χ1) is 21.3. The summed E-state index contributed by atoms with van der Waals surface area (Å²) in [5.41, 5.74) is 4.70. The van der Waals surface area contributed by atoms with Gasteiger partial charge < -0.3 is 18.9 Å². The van der Waals surface area contributed by atoms with Gasteiger partial charge >= 0.3 is 0 Å². The Morgan fingerprint density at radius 1 is 0.977 bits per heavy atom. The van der Waals surface area contributed by atoms with E-state index >= 15 is 0 Å². The summed E-state index contributed by atoms with van der Waals surface area (Å²) in [6.07, 6.45) is 12.5. The Bertz CT molecular complexity index is 1270. The highest BCUT2D eigenvalue weighted by atomic mass is 32.2. The van der Waals surface area contributed by atoms with Crippen molar-refractivity contribution >= 4 is 16.9 Å². The minimum atomic E-state index is -0.0443. The van der Waals surface area contributed by atoms with Gasteiger partial charge in [-0.05, 0) is 140 Å². The molecule has 7 atom stereocenters. The lowest BCUT2D eigenvalue weighted by Crippen LogP contribution is -2.53. The molecular formula is C38H52O5S. The van der Waals surface area contributed by atoms with Gasteiger partial charge in [0.2, 0.25) is 0 Å². The Kier molecular flexibility index (Phi) is 9.99. The second kappa shape index (κ2) is 13.8. The number of benzene rings is 2. The molecule has 0 unspecified atom stereocenters. The Morgan fingerprint density at radius 3 is 2.55 bits per heavy atom. The maximum atomic E-state index is 11.1. The van der Waals surface area contributed by atoms with Crippen LogP contribution in [0.25, 0.3) is 0 Å². The molecule has 1 heterocycles. The van der Waals surface area contributed by atoms with Crippen molar-refractivity contribution < 1.29 is 23.7 Å². The average Bonchev–Trinajstić information content (AvgIpc) is 3.36. The van der Waals surface area contributed by atoms with E-state index in [1.54, 1.807) is 14.0 Å².